The van der Waals surface area contributed by atoms with Gasteiger partial charge in [0.1, 0.15) is 17.1 Å². The van der Waals surface area contributed by atoms with Crippen LogP contribution in [0.5, 0.6) is 5.75 Å². The molecule has 0 bridgehead atoms. The van der Waals surface area contributed by atoms with Crippen LogP contribution in [0.1, 0.15) is 5.76 Å². The van der Waals surface area contributed by atoms with Crippen molar-refractivity contribution in [3.63, 3.8) is 0 Å². The Morgan fingerprint density at radius 1 is 1.06 bits per heavy atom. The van der Waals surface area contributed by atoms with Gasteiger partial charge in [0.25, 0.3) is 5.69 Å². The van der Waals surface area contributed by atoms with Crippen LogP contribution in [0.2, 0.25) is 0 Å². The van der Waals surface area contributed by atoms with Gasteiger partial charge in [-0.1, -0.05) is 30.3 Å². The fourth-order valence-corrected chi connectivity index (χ4v) is 3.93. The summed E-state index contributed by atoms with van der Waals surface area (Å²) in [6, 6.07) is 19.9. The zero-order valence-corrected chi connectivity index (χ0v) is 17.8. The molecule has 0 N–H and O–H groups in total. The number of hydrogen-bond donors (Lipinski definition) is 0. The quantitative estimate of drug-likeness (QED) is 0.129. The van der Waals surface area contributed by atoms with Gasteiger partial charge in [-0.2, -0.15) is 0 Å². The summed E-state index contributed by atoms with van der Waals surface area (Å²) >= 11 is 1.21. The van der Waals surface area contributed by atoms with Crippen LogP contribution in [0, 0.1) is 17.0 Å². The molecule has 0 aliphatic rings. The molecule has 7 nitrogen and oxygen atoms in total. The van der Waals surface area contributed by atoms with E-state index in [2.05, 4.69) is 0 Å². The summed E-state index contributed by atoms with van der Waals surface area (Å²) in [6.45, 7) is 1.72. The third-order valence-corrected chi connectivity index (χ3v) is 5.72. The highest BCUT2D eigenvalue weighted by molar-refractivity contribution is 8.00. The molecule has 0 radical (unpaired) electrons. The Balaban J connectivity index is 1.49. The molecule has 3 aromatic carbocycles. The second kappa shape index (κ2) is 9.07. The van der Waals surface area contributed by atoms with Crippen LogP contribution >= 0.6 is 11.8 Å². The number of nitro groups is 1. The van der Waals surface area contributed by atoms with Gasteiger partial charge in [0.2, 0.25) is 5.43 Å². The molecule has 0 aliphatic carbocycles. The number of carbonyl (C=O) groups is 1. The number of fused-ring (bicyclic) bond motifs is 1. The highest BCUT2D eigenvalue weighted by atomic mass is 32.2. The van der Waals surface area contributed by atoms with Gasteiger partial charge in [-0.25, -0.2) is 0 Å². The molecule has 4 aromatic rings. The van der Waals surface area contributed by atoms with Crippen molar-refractivity contribution in [2.75, 3.05) is 5.75 Å². The van der Waals surface area contributed by atoms with Gasteiger partial charge in [-0.15, -0.1) is 11.8 Å². The lowest BCUT2D eigenvalue weighted by Gasteiger charge is -2.09. The number of non-ortho nitro benzene ring substituents is 1. The van der Waals surface area contributed by atoms with Crippen molar-refractivity contribution >= 4 is 34.4 Å². The predicted octanol–water partition coefficient (Wildman–Crippen LogP) is 5.37. The van der Waals surface area contributed by atoms with Crippen LogP contribution in [-0.4, -0.2) is 16.6 Å². The molecule has 8 heteroatoms. The Labute approximate surface area is 186 Å². The van der Waals surface area contributed by atoms with Gasteiger partial charge < -0.3 is 9.15 Å². The van der Waals surface area contributed by atoms with Crippen LogP contribution in [0.4, 0.5) is 5.69 Å². The zero-order chi connectivity index (χ0) is 22.7. The van der Waals surface area contributed by atoms with E-state index in [0.29, 0.717) is 27.2 Å². The van der Waals surface area contributed by atoms with Crippen molar-refractivity contribution in [2.24, 2.45) is 0 Å². The van der Waals surface area contributed by atoms with Crippen molar-refractivity contribution in [3.05, 3.63) is 98.9 Å². The van der Waals surface area contributed by atoms with E-state index in [1.54, 1.807) is 31.2 Å². The number of ether oxygens (including phenoxy) is 1. The molecule has 32 heavy (non-hydrogen) atoms. The maximum Gasteiger partial charge on any atom is 0.321 e. The Kier molecular flexibility index (Phi) is 6.04. The molecule has 0 fully saturated rings. The fraction of sp³-hybridized carbons (Fsp3) is 0.0833. The summed E-state index contributed by atoms with van der Waals surface area (Å²) in [4.78, 5) is 36.2. The minimum atomic E-state index is -0.493. The Morgan fingerprint density at radius 2 is 1.78 bits per heavy atom. The lowest BCUT2D eigenvalue weighted by atomic mass is 10.0. The molecule has 0 atom stereocenters. The number of nitro benzene ring substituents is 1. The van der Waals surface area contributed by atoms with Crippen molar-refractivity contribution in [1.29, 1.82) is 0 Å². The van der Waals surface area contributed by atoms with Gasteiger partial charge in [-0.3, -0.25) is 19.7 Å². The molecular weight excluding hydrogens is 430 g/mol. The van der Waals surface area contributed by atoms with Crippen molar-refractivity contribution < 1.29 is 18.9 Å². The molecule has 0 unspecified atom stereocenters. The van der Waals surface area contributed by atoms with E-state index in [0.717, 1.165) is 5.56 Å². The lowest BCUT2D eigenvalue weighted by molar-refractivity contribution is -0.384. The summed E-state index contributed by atoms with van der Waals surface area (Å²) in [7, 11) is 0. The van der Waals surface area contributed by atoms with Crippen molar-refractivity contribution in [3.8, 4) is 16.9 Å². The molecule has 160 valence electrons. The van der Waals surface area contributed by atoms with E-state index >= 15 is 0 Å². The van der Waals surface area contributed by atoms with Gasteiger partial charge in [0.15, 0.2) is 0 Å². The molecule has 4 rings (SSSR count). The van der Waals surface area contributed by atoms with E-state index in [1.807, 2.05) is 30.3 Å². The van der Waals surface area contributed by atoms with Gasteiger partial charge >= 0.3 is 5.97 Å². The topological polar surface area (TPSA) is 99.7 Å². The van der Waals surface area contributed by atoms with Crippen molar-refractivity contribution in [1.82, 2.24) is 0 Å². The second-order valence-electron chi connectivity index (χ2n) is 6.90. The van der Waals surface area contributed by atoms with Crippen LogP contribution in [-0.2, 0) is 4.79 Å². The minimum Gasteiger partial charge on any atom is -0.460 e. The van der Waals surface area contributed by atoms with E-state index in [-0.39, 0.29) is 22.6 Å². The van der Waals surface area contributed by atoms with Crippen LogP contribution < -0.4 is 10.2 Å². The van der Waals surface area contributed by atoms with Crippen LogP contribution in [0.25, 0.3) is 22.1 Å². The average molecular weight is 447 g/mol. The smallest absolute Gasteiger partial charge is 0.321 e. The first-order chi connectivity index (χ1) is 15.4. The molecule has 0 spiro atoms. The Bertz CT molecular complexity index is 1360. The maximum atomic E-state index is 13.0. The number of aryl methyl sites for hydroxylation is 1. The van der Waals surface area contributed by atoms with Gasteiger partial charge in [0.05, 0.1) is 21.6 Å². The number of rotatable bonds is 6. The first-order valence-corrected chi connectivity index (χ1v) is 10.6. The summed E-state index contributed by atoms with van der Waals surface area (Å²) < 4.78 is 11.2. The SMILES string of the molecule is Cc1oc2cc(OC(=O)CSc3ccc([N+](=O)[O-])cc3)ccc2c(=O)c1-c1ccccc1. The molecule has 0 amide bonds. The first-order valence-electron chi connectivity index (χ1n) is 9.63. The zero-order valence-electron chi connectivity index (χ0n) is 16.9. The monoisotopic (exact) mass is 447 g/mol. The largest absolute Gasteiger partial charge is 0.460 e. The Morgan fingerprint density at radius 3 is 2.47 bits per heavy atom. The van der Waals surface area contributed by atoms with E-state index in [9.17, 15) is 19.7 Å². The van der Waals surface area contributed by atoms with E-state index in [1.165, 1.54) is 30.0 Å². The molecule has 1 heterocycles. The normalized spacial score (nSPS) is 10.8. The Hall–Kier alpha value is -3.91. The van der Waals surface area contributed by atoms with Crippen molar-refractivity contribution in [2.45, 2.75) is 11.8 Å². The number of carbonyl (C=O) groups excluding carboxylic acids is 1. The standard InChI is InChI=1S/C24H17NO6S/c1-15-23(16-5-3-2-4-6-16)24(27)20-12-9-18(13-21(20)30-15)31-22(26)14-32-19-10-7-17(8-11-19)25(28)29/h2-13H,14H2,1H3. The number of thioether (sulfide) groups is 1. The summed E-state index contributed by atoms with van der Waals surface area (Å²) in [5.74, 6) is 0.270. The number of nitrogens with zero attached hydrogens (tertiary/aromatic N) is 1. The highest BCUT2D eigenvalue weighted by Crippen LogP contribution is 2.27. The van der Waals surface area contributed by atoms with E-state index in [4.69, 9.17) is 9.15 Å². The van der Waals surface area contributed by atoms with Crippen LogP contribution in [0.15, 0.2) is 86.9 Å². The molecule has 0 saturated heterocycles. The number of benzene rings is 3. The first kappa shape index (κ1) is 21.3. The molecule has 0 aliphatic heterocycles. The van der Waals surface area contributed by atoms with E-state index < -0.39 is 10.9 Å². The molecule has 1 aromatic heterocycles. The molecular formula is C24H17NO6S. The van der Waals surface area contributed by atoms with Crippen LogP contribution in [0.3, 0.4) is 0 Å². The van der Waals surface area contributed by atoms with Gasteiger partial charge in [0, 0.05) is 23.1 Å². The average Bonchev–Trinajstić information content (AvgIpc) is 2.78. The third-order valence-electron chi connectivity index (χ3n) is 4.74. The highest BCUT2D eigenvalue weighted by Gasteiger charge is 2.15. The second-order valence-corrected chi connectivity index (χ2v) is 7.95. The number of esters is 1. The predicted molar refractivity (Wildman–Crippen MR) is 122 cm³/mol. The lowest BCUT2D eigenvalue weighted by Crippen LogP contribution is -2.11. The summed E-state index contributed by atoms with van der Waals surface area (Å²) in [5.41, 5.74) is 1.45. The minimum absolute atomic E-state index is 0.0136. The maximum absolute atomic E-state index is 13.0. The third kappa shape index (κ3) is 4.55. The summed E-state index contributed by atoms with van der Waals surface area (Å²) in [5, 5.41) is 11.1. The van der Waals surface area contributed by atoms with Gasteiger partial charge in [-0.05, 0) is 36.8 Å². The fourth-order valence-electron chi connectivity index (χ4n) is 3.26. The number of hydrogen-bond acceptors (Lipinski definition) is 7. The summed E-state index contributed by atoms with van der Waals surface area (Å²) in [6.07, 6.45) is 0. The molecule has 0 saturated carbocycles.